The van der Waals surface area contributed by atoms with Gasteiger partial charge in [-0.1, -0.05) is 13.3 Å². The molecule has 1 rings (SSSR count). The lowest BCUT2D eigenvalue weighted by Crippen LogP contribution is -2.03. The van der Waals surface area contributed by atoms with Gasteiger partial charge in [0.25, 0.3) is 0 Å². The molecular weight excluding hydrogens is 223 g/mol. The second-order valence-electron chi connectivity index (χ2n) is 2.89. The van der Waals surface area contributed by atoms with Gasteiger partial charge in [0.2, 0.25) is 0 Å². The van der Waals surface area contributed by atoms with Crippen LogP contribution in [-0.2, 0) is 7.05 Å². The second kappa shape index (κ2) is 7.76. The molecule has 6 heteroatoms. The minimum atomic E-state index is 0. The number of anilines is 2. The lowest BCUT2D eigenvalue weighted by Gasteiger charge is -2.01. The quantitative estimate of drug-likeness (QED) is 0.793. The van der Waals surface area contributed by atoms with E-state index in [-0.39, 0.29) is 24.8 Å². The maximum Gasteiger partial charge on any atom is 0.171 e. The first kappa shape index (κ1) is 15.8. The molecule has 0 aliphatic rings. The Labute approximate surface area is 97.1 Å². The van der Waals surface area contributed by atoms with Gasteiger partial charge in [0, 0.05) is 19.8 Å². The summed E-state index contributed by atoms with van der Waals surface area (Å²) in [5.74, 6) is 0.797. The summed E-state index contributed by atoms with van der Waals surface area (Å²) < 4.78 is 1.71. The van der Waals surface area contributed by atoms with Crippen LogP contribution >= 0.6 is 24.8 Å². The number of hydrogen-bond donors (Lipinski definition) is 2. The highest BCUT2D eigenvalue weighted by molar-refractivity contribution is 5.85. The first-order chi connectivity index (χ1) is 5.74. The van der Waals surface area contributed by atoms with Crippen molar-refractivity contribution in [3.8, 4) is 0 Å². The minimum Gasteiger partial charge on any atom is -0.394 e. The molecule has 14 heavy (non-hydrogen) atoms. The van der Waals surface area contributed by atoms with Crippen LogP contribution in [0.2, 0.25) is 0 Å². The number of aromatic nitrogens is 2. The Morgan fingerprint density at radius 3 is 2.57 bits per heavy atom. The molecule has 0 aromatic carbocycles. The molecule has 0 saturated carbocycles. The summed E-state index contributed by atoms with van der Waals surface area (Å²) in [6.45, 7) is 3.10. The Morgan fingerprint density at radius 1 is 1.50 bits per heavy atom. The van der Waals surface area contributed by atoms with Crippen LogP contribution in [0.25, 0.3) is 0 Å². The summed E-state index contributed by atoms with van der Waals surface area (Å²) in [5, 5.41) is 7.34. The number of nitrogens with two attached hydrogens (primary N) is 1. The van der Waals surface area contributed by atoms with Gasteiger partial charge in [-0.2, -0.15) is 5.10 Å². The van der Waals surface area contributed by atoms with E-state index in [2.05, 4.69) is 17.3 Å². The summed E-state index contributed by atoms with van der Waals surface area (Å²) in [6, 6.07) is 0. The Balaban J connectivity index is 0. The average molecular weight is 241 g/mol. The smallest absolute Gasteiger partial charge is 0.171 e. The zero-order valence-electron chi connectivity index (χ0n) is 8.49. The van der Waals surface area contributed by atoms with Gasteiger partial charge in [-0.3, -0.25) is 4.68 Å². The van der Waals surface area contributed by atoms with Gasteiger partial charge in [-0.25, -0.2) is 0 Å². The standard InChI is InChI=1S/C8H16N4.2ClH/c1-3-4-5-10-8-7(9)6-12(2)11-8;;/h6H,3-5,9H2,1-2H3,(H,10,11);2*1H. The molecule has 1 heterocycles. The lowest BCUT2D eigenvalue weighted by atomic mass is 10.3. The molecule has 0 unspecified atom stereocenters. The van der Waals surface area contributed by atoms with E-state index in [0.29, 0.717) is 5.69 Å². The van der Waals surface area contributed by atoms with Crippen molar-refractivity contribution in [2.75, 3.05) is 17.6 Å². The highest BCUT2D eigenvalue weighted by Crippen LogP contribution is 2.13. The molecule has 0 spiro atoms. The number of unbranched alkanes of at least 4 members (excludes halogenated alkanes) is 1. The minimum absolute atomic E-state index is 0. The van der Waals surface area contributed by atoms with E-state index in [4.69, 9.17) is 5.73 Å². The molecular formula is C8H18Cl2N4. The summed E-state index contributed by atoms with van der Waals surface area (Å²) in [7, 11) is 1.86. The molecule has 0 aliphatic carbocycles. The fourth-order valence-corrected chi connectivity index (χ4v) is 1.03. The molecule has 0 atom stereocenters. The highest BCUT2D eigenvalue weighted by atomic mass is 35.5. The Hall–Kier alpha value is -0.610. The van der Waals surface area contributed by atoms with Crippen molar-refractivity contribution in [1.29, 1.82) is 0 Å². The fraction of sp³-hybridized carbons (Fsp3) is 0.625. The van der Waals surface area contributed by atoms with Crippen LogP contribution in [0.1, 0.15) is 19.8 Å². The van der Waals surface area contributed by atoms with E-state index in [0.717, 1.165) is 18.8 Å². The summed E-state index contributed by atoms with van der Waals surface area (Å²) in [5.41, 5.74) is 6.39. The van der Waals surface area contributed by atoms with Gasteiger partial charge in [0.15, 0.2) is 5.82 Å². The van der Waals surface area contributed by atoms with Crippen molar-refractivity contribution >= 4 is 36.3 Å². The van der Waals surface area contributed by atoms with Gasteiger partial charge >= 0.3 is 0 Å². The van der Waals surface area contributed by atoms with Crippen molar-refractivity contribution in [1.82, 2.24) is 9.78 Å². The maximum atomic E-state index is 5.68. The molecule has 0 fully saturated rings. The maximum absolute atomic E-state index is 5.68. The van der Waals surface area contributed by atoms with Gasteiger partial charge < -0.3 is 11.1 Å². The number of nitrogen functional groups attached to an aromatic ring is 1. The van der Waals surface area contributed by atoms with Gasteiger partial charge in [0.1, 0.15) is 0 Å². The van der Waals surface area contributed by atoms with Gasteiger partial charge in [0.05, 0.1) is 5.69 Å². The number of rotatable bonds is 4. The predicted molar refractivity (Wildman–Crippen MR) is 65.5 cm³/mol. The van der Waals surface area contributed by atoms with Crippen molar-refractivity contribution in [2.45, 2.75) is 19.8 Å². The fourth-order valence-electron chi connectivity index (χ4n) is 1.03. The third kappa shape index (κ3) is 4.58. The lowest BCUT2D eigenvalue weighted by molar-refractivity contribution is 0.763. The Kier molecular flexibility index (Phi) is 8.79. The first-order valence-corrected chi connectivity index (χ1v) is 4.27. The molecule has 0 bridgehead atoms. The molecule has 3 N–H and O–H groups in total. The normalized spacial score (nSPS) is 8.71. The van der Waals surface area contributed by atoms with Crippen LogP contribution in [0, 0.1) is 0 Å². The molecule has 84 valence electrons. The van der Waals surface area contributed by atoms with E-state index in [1.54, 1.807) is 10.9 Å². The topological polar surface area (TPSA) is 55.9 Å². The third-order valence-corrected chi connectivity index (χ3v) is 1.68. The summed E-state index contributed by atoms with van der Waals surface area (Å²) >= 11 is 0. The molecule has 0 saturated heterocycles. The van der Waals surface area contributed by atoms with Gasteiger partial charge in [-0.05, 0) is 6.42 Å². The molecule has 1 aromatic heterocycles. The van der Waals surface area contributed by atoms with Crippen molar-refractivity contribution in [3.05, 3.63) is 6.20 Å². The summed E-state index contributed by atoms with van der Waals surface area (Å²) in [6.07, 6.45) is 4.13. The number of nitrogens with zero attached hydrogens (tertiary/aromatic N) is 2. The first-order valence-electron chi connectivity index (χ1n) is 4.27. The summed E-state index contributed by atoms with van der Waals surface area (Å²) in [4.78, 5) is 0. The van der Waals surface area contributed by atoms with Crippen LogP contribution in [-0.4, -0.2) is 16.3 Å². The van der Waals surface area contributed by atoms with Crippen LogP contribution in [0.3, 0.4) is 0 Å². The number of aryl methyl sites for hydroxylation is 1. The van der Waals surface area contributed by atoms with E-state index in [1.165, 1.54) is 6.42 Å². The molecule has 0 radical (unpaired) electrons. The number of nitrogens with one attached hydrogen (secondary N) is 1. The third-order valence-electron chi connectivity index (χ3n) is 1.68. The monoisotopic (exact) mass is 240 g/mol. The molecule has 0 amide bonds. The number of halogens is 2. The van der Waals surface area contributed by atoms with E-state index in [9.17, 15) is 0 Å². The van der Waals surface area contributed by atoms with E-state index >= 15 is 0 Å². The Bertz CT molecular complexity index is 249. The largest absolute Gasteiger partial charge is 0.394 e. The zero-order valence-corrected chi connectivity index (χ0v) is 10.1. The number of hydrogen-bond acceptors (Lipinski definition) is 3. The van der Waals surface area contributed by atoms with E-state index in [1.807, 2.05) is 7.05 Å². The van der Waals surface area contributed by atoms with Crippen molar-refractivity contribution in [2.24, 2.45) is 7.05 Å². The predicted octanol–water partition coefficient (Wildman–Crippen LogP) is 2.06. The average Bonchev–Trinajstić information content (AvgIpc) is 2.31. The van der Waals surface area contributed by atoms with Crippen LogP contribution in [0.5, 0.6) is 0 Å². The van der Waals surface area contributed by atoms with Crippen molar-refractivity contribution in [3.63, 3.8) is 0 Å². The van der Waals surface area contributed by atoms with Gasteiger partial charge in [-0.15, -0.1) is 24.8 Å². The molecule has 4 nitrogen and oxygen atoms in total. The second-order valence-corrected chi connectivity index (χ2v) is 2.89. The highest BCUT2D eigenvalue weighted by Gasteiger charge is 2.01. The molecule has 0 aliphatic heterocycles. The SMILES string of the molecule is CCCCNc1nn(C)cc1N.Cl.Cl. The molecule has 1 aromatic rings. The zero-order chi connectivity index (χ0) is 8.97. The van der Waals surface area contributed by atoms with E-state index < -0.39 is 0 Å². The van der Waals surface area contributed by atoms with Crippen molar-refractivity contribution < 1.29 is 0 Å². The van der Waals surface area contributed by atoms with Crippen LogP contribution in [0.4, 0.5) is 11.5 Å². The Morgan fingerprint density at radius 2 is 2.14 bits per heavy atom. The van der Waals surface area contributed by atoms with Crippen LogP contribution in [0.15, 0.2) is 6.20 Å². The van der Waals surface area contributed by atoms with Crippen LogP contribution < -0.4 is 11.1 Å².